The fourth-order valence-electron chi connectivity index (χ4n) is 1.23. The molecule has 1 heterocycles. The van der Waals surface area contributed by atoms with Crippen molar-refractivity contribution < 1.29 is 13.2 Å². The van der Waals surface area contributed by atoms with Crippen molar-refractivity contribution in [3.8, 4) is 0 Å². The molecule has 1 aromatic rings. The van der Waals surface area contributed by atoms with E-state index in [1.807, 2.05) is 6.92 Å². The van der Waals surface area contributed by atoms with Crippen molar-refractivity contribution >= 4 is 0 Å². The smallest absolute Gasteiger partial charge is 0.327 e. The molecule has 0 saturated heterocycles. The van der Waals surface area contributed by atoms with Gasteiger partial charge in [-0.15, -0.1) is 0 Å². The Kier molecular flexibility index (Phi) is 3.73. The lowest BCUT2D eigenvalue weighted by atomic mass is 10.1. The molecule has 2 N–H and O–H groups in total. The molecule has 15 heavy (non-hydrogen) atoms. The molecule has 0 saturated carbocycles. The van der Waals surface area contributed by atoms with Crippen molar-refractivity contribution in [3.05, 3.63) is 18.0 Å². The first-order valence-electron chi connectivity index (χ1n) is 4.74. The Labute approximate surface area is 86.1 Å². The Balaban J connectivity index is 2.56. The summed E-state index contributed by atoms with van der Waals surface area (Å²) in [6.07, 6.45) is -0.0424. The van der Waals surface area contributed by atoms with Gasteiger partial charge in [0.05, 0.1) is 6.20 Å². The van der Waals surface area contributed by atoms with E-state index in [1.165, 1.54) is 12.4 Å². The lowest BCUT2D eigenvalue weighted by Crippen LogP contribution is -2.21. The number of nitrogens with zero attached hydrogens (tertiary/aromatic N) is 2. The molecule has 1 atom stereocenters. The maximum absolute atomic E-state index is 12.0. The number of alkyl halides is 3. The molecule has 86 valence electrons. The monoisotopic (exact) mass is 221 g/mol. The highest BCUT2D eigenvalue weighted by molar-refractivity contribution is 5.05. The first-order valence-corrected chi connectivity index (χ1v) is 4.74. The van der Waals surface area contributed by atoms with Crippen LogP contribution in [0.1, 0.15) is 18.9 Å². The molecule has 1 rings (SSSR count). The van der Waals surface area contributed by atoms with Gasteiger partial charge in [0.1, 0.15) is 6.54 Å². The van der Waals surface area contributed by atoms with Crippen LogP contribution in [0.2, 0.25) is 0 Å². The maximum atomic E-state index is 12.0. The van der Waals surface area contributed by atoms with Gasteiger partial charge < -0.3 is 5.73 Å². The Bertz CT molecular complexity index is 306. The highest BCUT2D eigenvalue weighted by Gasteiger charge is 2.28. The molecule has 0 aliphatic heterocycles. The predicted molar refractivity (Wildman–Crippen MR) is 50.3 cm³/mol. The van der Waals surface area contributed by atoms with Crippen LogP contribution < -0.4 is 5.73 Å². The van der Waals surface area contributed by atoms with Crippen LogP contribution in [0.5, 0.6) is 0 Å². The third-order valence-corrected chi connectivity index (χ3v) is 2.05. The lowest BCUT2D eigenvalue weighted by molar-refractivity contribution is -0.142. The average Bonchev–Trinajstić information content (AvgIpc) is 2.49. The third kappa shape index (κ3) is 4.33. The minimum atomic E-state index is -4.23. The van der Waals surface area contributed by atoms with Crippen LogP contribution in [0.25, 0.3) is 0 Å². The molecule has 0 aliphatic rings. The number of nitrogens with two attached hydrogens (primary N) is 1. The Morgan fingerprint density at radius 2 is 2.20 bits per heavy atom. The molecule has 3 nitrogen and oxygen atoms in total. The fraction of sp³-hybridized carbons (Fsp3) is 0.667. The summed E-state index contributed by atoms with van der Waals surface area (Å²) in [6, 6.07) is -0.0199. The lowest BCUT2D eigenvalue weighted by Gasteiger charge is -2.06. The molecule has 1 aromatic heterocycles. The molecule has 0 amide bonds. The van der Waals surface area contributed by atoms with Gasteiger partial charge in [-0.1, -0.05) is 6.92 Å². The van der Waals surface area contributed by atoms with Crippen LogP contribution in [-0.2, 0) is 13.0 Å². The fourth-order valence-corrected chi connectivity index (χ4v) is 1.23. The molecule has 1 unspecified atom stereocenters. The Morgan fingerprint density at radius 3 is 2.73 bits per heavy atom. The second-order valence-electron chi connectivity index (χ2n) is 3.53. The zero-order valence-corrected chi connectivity index (χ0v) is 8.46. The summed E-state index contributed by atoms with van der Waals surface area (Å²) in [4.78, 5) is 0. The number of hydrogen-bond donors (Lipinski definition) is 1. The molecule has 0 radical (unpaired) electrons. The van der Waals surface area contributed by atoms with Crippen LogP contribution in [0.15, 0.2) is 12.4 Å². The SMILES string of the molecule is CCC(N)Cc1cnn(CC(F)(F)F)c1. The Morgan fingerprint density at radius 1 is 1.53 bits per heavy atom. The number of aromatic nitrogens is 2. The summed E-state index contributed by atoms with van der Waals surface area (Å²) in [5.41, 5.74) is 6.43. The van der Waals surface area contributed by atoms with E-state index in [2.05, 4.69) is 5.10 Å². The van der Waals surface area contributed by atoms with Crippen molar-refractivity contribution in [2.45, 2.75) is 38.5 Å². The molecular formula is C9H14F3N3. The number of halogens is 3. The summed E-state index contributed by atoms with van der Waals surface area (Å²) in [6.45, 7) is 0.888. The van der Waals surface area contributed by atoms with Crippen LogP contribution in [-0.4, -0.2) is 22.0 Å². The first kappa shape index (κ1) is 12.0. The van der Waals surface area contributed by atoms with E-state index in [1.54, 1.807) is 0 Å². The highest BCUT2D eigenvalue weighted by Crippen LogP contribution is 2.17. The average molecular weight is 221 g/mol. The molecule has 0 aliphatic carbocycles. The summed E-state index contributed by atoms with van der Waals surface area (Å²) < 4.78 is 36.9. The minimum Gasteiger partial charge on any atom is -0.327 e. The van der Waals surface area contributed by atoms with Gasteiger partial charge in [-0.05, 0) is 18.4 Å². The van der Waals surface area contributed by atoms with Gasteiger partial charge in [0.2, 0.25) is 0 Å². The minimum absolute atomic E-state index is 0.0199. The summed E-state index contributed by atoms with van der Waals surface area (Å²) in [5, 5.41) is 3.63. The van der Waals surface area contributed by atoms with Crippen molar-refractivity contribution in [3.63, 3.8) is 0 Å². The van der Waals surface area contributed by atoms with E-state index in [9.17, 15) is 13.2 Å². The van der Waals surface area contributed by atoms with E-state index >= 15 is 0 Å². The van der Waals surface area contributed by atoms with Crippen LogP contribution >= 0.6 is 0 Å². The van der Waals surface area contributed by atoms with E-state index in [0.29, 0.717) is 6.42 Å². The van der Waals surface area contributed by atoms with E-state index in [-0.39, 0.29) is 6.04 Å². The van der Waals surface area contributed by atoms with Crippen LogP contribution in [0.4, 0.5) is 13.2 Å². The second kappa shape index (κ2) is 4.65. The van der Waals surface area contributed by atoms with Gasteiger partial charge in [-0.2, -0.15) is 18.3 Å². The quantitative estimate of drug-likeness (QED) is 0.841. The standard InChI is InChI=1S/C9H14F3N3/c1-2-8(13)3-7-4-14-15(5-7)6-9(10,11)12/h4-5,8H,2-3,6,13H2,1H3. The van der Waals surface area contributed by atoms with Crippen molar-refractivity contribution in [2.24, 2.45) is 5.73 Å². The first-order chi connectivity index (χ1) is 6.90. The molecular weight excluding hydrogens is 207 g/mol. The van der Waals surface area contributed by atoms with Crippen molar-refractivity contribution in [2.75, 3.05) is 0 Å². The van der Waals surface area contributed by atoms with Gasteiger partial charge >= 0.3 is 6.18 Å². The Hall–Kier alpha value is -1.04. The van der Waals surface area contributed by atoms with Gasteiger partial charge in [-0.3, -0.25) is 4.68 Å². The molecule has 0 spiro atoms. The predicted octanol–water partition coefficient (Wildman–Crippen LogP) is 1.73. The van der Waals surface area contributed by atoms with E-state index in [0.717, 1.165) is 16.7 Å². The number of hydrogen-bond acceptors (Lipinski definition) is 2. The normalized spacial score (nSPS) is 14.2. The van der Waals surface area contributed by atoms with Gasteiger partial charge in [-0.25, -0.2) is 0 Å². The van der Waals surface area contributed by atoms with Gasteiger partial charge in [0.25, 0.3) is 0 Å². The number of rotatable bonds is 4. The third-order valence-electron chi connectivity index (χ3n) is 2.05. The second-order valence-corrected chi connectivity index (χ2v) is 3.53. The maximum Gasteiger partial charge on any atom is 0.408 e. The zero-order valence-electron chi connectivity index (χ0n) is 8.46. The highest BCUT2D eigenvalue weighted by atomic mass is 19.4. The van der Waals surface area contributed by atoms with Crippen molar-refractivity contribution in [1.29, 1.82) is 0 Å². The molecule has 0 fully saturated rings. The van der Waals surface area contributed by atoms with Crippen LogP contribution in [0.3, 0.4) is 0 Å². The molecule has 6 heteroatoms. The van der Waals surface area contributed by atoms with E-state index < -0.39 is 12.7 Å². The van der Waals surface area contributed by atoms with E-state index in [4.69, 9.17) is 5.73 Å². The summed E-state index contributed by atoms with van der Waals surface area (Å²) in [7, 11) is 0. The zero-order chi connectivity index (χ0) is 11.5. The molecule has 0 aromatic carbocycles. The van der Waals surface area contributed by atoms with Crippen LogP contribution in [0, 0.1) is 0 Å². The van der Waals surface area contributed by atoms with Crippen molar-refractivity contribution in [1.82, 2.24) is 9.78 Å². The summed E-state index contributed by atoms with van der Waals surface area (Å²) in [5.74, 6) is 0. The topological polar surface area (TPSA) is 43.8 Å². The summed E-state index contributed by atoms with van der Waals surface area (Å²) >= 11 is 0. The molecule has 0 bridgehead atoms. The van der Waals surface area contributed by atoms with Gasteiger partial charge in [0.15, 0.2) is 0 Å². The van der Waals surface area contributed by atoms with Gasteiger partial charge in [0, 0.05) is 12.2 Å². The largest absolute Gasteiger partial charge is 0.408 e.